The van der Waals surface area contributed by atoms with Crippen molar-refractivity contribution in [3.63, 3.8) is 0 Å². The number of amides is 1. The molecule has 30 heavy (non-hydrogen) atoms. The summed E-state index contributed by atoms with van der Waals surface area (Å²) in [5.74, 6) is -0.0235. The summed E-state index contributed by atoms with van der Waals surface area (Å²) in [7, 11) is 0. The quantitative estimate of drug-likeness (QED) is 0.435. The van der Waals surface area contributed by atoms with Gasteiger partial charge in [0, 0.05) is 11.2 Å². The molecule has 0 aliphatic carbocycles. The number of nitrogens with zero attached hydrogens (tertiary/aromatic N) is 2. The van der Waals surface area contributed by atoms with Gasteiger partial charge in [0.05, 0.1) is 24.4 Å². The second kappa shape index (κ2) is 10.1. The Bertz CT molecular complexity index is 1130. The topological polar surface area (TPSA) is 72.7 Å². The van der Waals surface area contributed by atoms with Gasteiger partial charge in [0.15, 0.2) is 0 Å². The van der Waals surface area contributed by atoms with Crippen molar-refractivity contribution in [2.75, 3.05) is 6.61 Å². The van der Waals surface area contributed by atoms with Crippen LogP contribution >= 0.6 is 23.2 Å². The van der Waals surface area contributed by atoms with Crippen LogP contribution in [0, 0.1) is 0 Å². The summed E-state index contributed by atoms with van der Waals surface area (Å²) in [6, 6.07) is 15.4. The first kappa shape index (κ1) is 21.6. The van der Waals surface area contributed by atoms with E-state index in [1.54, 1.807) is 42.6 Å². The number of hydrogen-bond donors (Lipinski definition) is 1. The van der Waals surface area contributed by atoms with E-state index in [0.717, 1.165) is 5.56 Å². The van der Waals surface area contributed by atoms with Crippen molar-refractivity contribution in [1.29, 1.82) is 0 Å². The van der Waals surface area contributed by atoms with Crippen LogP contribution in [0.25, 0.3) is 0 Å². The molecular weight excluding hydrogens is 425 g/mol. The Labute approximate surface area is 183 Å². The van der Waals surface area contributed by atoms with Crippen molar-refractivity contribution in [2.24, 2.45) is 5.10 Å². The zero-order valence-electron chi connectivity index (χ0n) is 16.1. The Balaban J connectivity index is 1.69. The van der Waals surface area contributed by atoms with Crippen LogP contribution < -0.4 is 15.7 Å². The third-order valence-electron chi connectivity index (χ3n) is 4.17. The number of nitrogens with one attached hydrogen (secondary N) is 1. The first-order valence-corrected chi connectivity index (χ1v) is 9.93. The van der Waals surface area contributed by atoms with Gasteiger partial charge >= 0.3 is 0 Å². The number of pyridine rings is 1. The maximum Gasteiger partial charge on any atom is 0.276 e. The largest absolute Gasteiger partial charge is 0.492 e. The highest BCUT2D eigenvalue weighted by atomic mass is 35.5. The number of carbonyl (C=O) groups excluding carboxylic acids is 1. The van der Waals surface area contributed by atoms with E-state index >= 15 is 0 Å². The smallest absolute Gasteiger partial charge is 0.276 e. The van der Waals surface area contributed by atoms with Crippen molar-refractivity contribution in [3.05, 3.63) is 97.9 Å². The lowest BCUT2D eigenvalue weighted by atomic mass is 10.2. The number of halogens is 2. The summed E-state index contributed by atoms with van der Waals surface area (Å²) in [6.07, 6.45) is 3.06. The highest BCUT2D eigenvalue weighted by molar-refractivity contribution is 6.32. The molecular formula is C22H19Cl2N3O3. The monoisotopic (exact) mass is 443 g/mol. The van der Waals surface area contributed by atoms with Crippen molar-refractivity contribution < 1.29 is 9.53 Å². The van der Waals surface area contributed by atoms with Crippen LogP contribution in [0.15, 0.2) is 70.7 Å². The van der Waals surface area contributed by atoms with E-state index in [-0.39, 0.29) is 5.56 Å². The van der Waals surface area contributed by atoms with Crippen LogP contribution in [-0.4, -0.2) is 23.3 Å². The average molecular weight is 444 g/mol. The Morgan fingerprint density at radius 3 is 2.63 bits per heavy atom. The van der Waals surface area contributed by atoms with Crippen LogP contribution in [0.3, 0.4) is 0 Å². The van der Waals surface area contributed by atoms with Crippen molar-refractivity contribution in [1.82, 2.24) is 9.99 Å². The summed E-state index contributed by atoms with van der Waals surface area (Å²) in [6.45, 7) is 2.70. The molecule has 0 saturated heterocycles. The highest BCUT2D eigenvalue weighted by Gasteiger charge is 2.11. The van der Waals surface area contributed by atoms with Crippen molar-refractivity contribution in [3.8, 4) is 5.75 Å². The molecule has 0 radical (unpaired) electrons. The van der Waals surface area contributed by atoms with Crippen LogP contribution in [0.2, 0.25) is 10.0 Å². The molecule has 0 bridgehead atoms. The maximum atomic E-state index is 12.7. The average Bonchev–Trinajstić information content (AvgIpc) is 2.73. The van der Waals surface area contributed by atoms with Gasteiger partial charge < -0.3 is 9.30 Å². The molecule has 1 N–H and O–H groups in total. The molecule has 3 aromatic rings. The standard InChI is InChI=1S/C22H19Cl2N3O3/c1-2-30-20-10-7-16(12-19(20)24)13-25-26-21(28)18-4-3-11-27(22(18)29)14-15-5-8-17(23)9-6-15/h3-13H,2,14H2,1H3,(H,26,28)/b25-13-. The molecule has 3 rings (SSSR count). The Morgan fingerprint density at radius 2 is 1.93 bits per heavy atom. The van der Waals surface area contributed by atoms with Crippen LogP contribution in [0.1, 0.15) is 28.4 Å². The first-order chi connectivity index (χ1) is 14.5. The summed E-state index contributed by atoms with van der Waals surface area (Å²) in [5, 5.41) is 4.97. The van der Waals surface area contributed by atoms with Crippen LogP contribution in [0.4, 0.5) is 0 Å². The molecule has 0 unspecified atom stereocenters. The summed E-state index contributed by atoms with van der Waals surface area (Å²) >= 11 is 12.0. The molecule has 0 spiro atoms. The lowest BCUT2D eigenvalue weighted by molar-refractivity contribution is 0.0953. The molecule has 6 nitrogen and oxygen atoms in total. The predicted octanol–water partition coefficient (Wildman–Crippen LogP) is 4.37. The van der Waals surface area contributed by atoms with E-state index < -0.39 is 11.5 Å². The van der Waals surface area contributed by atoms with Gasteiger partial charge in [-0.15, -0.1) is 0 Å². The molecule has 1 amide bonds. The summed E-state index contributed by atoms with van der Waals surface area (Å²) < 4.78 is 6.83. The maximum absolute atomic E-state index is 12.7. The number of hydrazone groups is 1. The molecule has 0 fully saturated rings. The fraction of sp³-hybridized carbons (Fsp3) is 0.136. The minimum atomic E-state index is -0.598. The molecule has 154 valence electrons. The van der Waals surface area contributed by atoms with Gasteiger partial charge in [0.25, 0.3) is 11.5 Å². The van der Waals surface area contributed by atoms with E-state index in [0.29, 0.717) is 34.5 Å². The van der Waals surface area contributed by atoms with Gasteiger partial charge in [-0.3, -0.25) is 9.59 Å². The van der Waals surface area contributed by atoms with Gasteiger partial charge in [0.2, 0.25) is 0 Å². The zero-order chi connectivity index (χ0) is 21.5. The molecule has 1 heterocycles. The third-order valence-corrected chi connectivity index (χ3v) is 4.71. The molecule has 0 aliphatic rings. The first-order valence-electron chi connectivity index (χ1n) is 9.17. The van der Waals surface area contributed by atoms with E-state index in [1.807, 2.05) is 19.1 Å². The Hall–Kier alpha value is -3.09. The molecule has 0 atom stereocenters. The Morgan fingerprint density at radius 1 is 1.17 bits per heavy atom. The second-order valence-corrected chi connectivity index (χ2v) is 7.15. The molecule has 0 saturated carbocycles. The fourth-order valence-corrected chi connectivity index (χ4v) is 3.09. The number of rotatable bonds is 7. The van der Waals surface area contributed by atoms with Crippen LogP contribution in [0.5, 0.6) is 5.75 Å². The van der Waals surface area contributed by atoms with Crippen molar-refractivity contribution >= 4 is 35.3 Å². The zero-order valence-corrected chi connectivity index (χ0v) is 17.7. The van der Waals surface area contributed by atoms with Crippen LogP contribution in [-0.2, 0) is 6.54 Å². The number of ether oxygens (including phenoxy) is 1. The van der Waals surface area contributed by atoms with E-state index in [9.17, 15) is 9.59 Å². The Kier molecular flexibility index (Phi) is 7.27. The second-order valence-electron chi connectivity index (χ2n) is 6.30. The lowest BCUT2D eigenvalue weighted by Crippen LogP contribution is -2.30. The van der Waals surface area contributed by atoms with Gasteiger partial charge in [-0.05, 0) is 60.5 Å². The van der Waals surface area contributed by atoms with Gasteiger partial charge in [0.1, 0.15) is 11.3 Å². The number of hydrogen-bond acceptors (Lipinski definition) is 4. The summed E-state index contributed by atoms with van der Waals surface area (Å²) in [4.78, 5) is 25.1. The molecule has 2 aromatic carbocycles. The van der Waals surface area contributed by atoms with E-state index in [4.69, 9.17) is 27.9 Å². The number of benzene rings is 2. The van der Waals surface area contributed by atoms with Crippen molar-refractivity contribution in [2.45, 2.75) is 13.5 Å². The molecule has 1 aromatic heterocycles. The van der Waals surface area contributed by atoms with Gasteiger partial charge in [-0.1, -0.05) is 35.3 Å². The predicted molar refractivity (Wildman–Crippen MR) is 119 cm³/mol. The highest BCUT2D eigenvalue weighted by Crippen LogP contribution is 2.24. The normalized spacial score (nSPS) is 10.9. The van der Waals surface area contributed by atoms with Gasteiger partial charge in [-0.2, -0.15) is 5.10 Å². The minimum absolute atomic E-state index is 0.00617. The third kappa shape index (κ3) is 5.49. The molecule has 0 aliphatic heterocycles. The van der Waals surface area contributed by atoms with E-state index in [2.05, 4.69) is 10.5 Å². The van der Waals surface area contributed by atoms with E-state index in [1.165, 1.54) is 16.8 Å². The number of aromatic nitrogens is 1. The summed E-state index contributed by atoms with van der Waals surface area (Å²) in [5.41, 5.74) is 3.52. The van der Waals surface area contributed by atoms with Gasteiger partial charge in [-0.25, -0.2) is 5.43 Å². The minimum Gasteiger partial charge on any atom is -0.492 e. The fourth-order valence-electron chi connectivity index (χ4n) is 2.72. The number of carbonyl (C=O) groups is 1. The molecule has 8 heteroatoms. The SMILES string of the molecule is CCOc1ccc(/C=N\NC(=O)c2cccn(Cc3ccc(Cl)cc3)c2=O)cc1Cl. The lowest BCUT2D eigenvalue weighted by Gasteiger charge is -2.08.